The van der Waals surface area contributed by atoms with Crippen LogP contribution in [-0.4, -0.2) is 22.2 Å². The van der Waals surface area contributed by atoms with Crippen molar-refractivity contribution >= 4 is 5.91 Å². The second-order valence-corrected chi connectivity index (χ2v) is 7.34. The van der Waals surface area contributed by atoms with Gasteiger partial charge in [0, 0.05) is 18.0 Å². The molecule has 1 fully saturated rings. The lowest BCUT2D eigenvalue weighted by molar-refractivity contribution is 0.0936. The van der Waals surface area contributed by atoms with Crippen molar-refractivity contribution in [2.75, 3.05) is 6.54 Å². The maximum absolute atomic E-state index is 12.8. The predicted molar refractivity (Wildman–Crippen MR) is 109 cm³/mol. The smallest absolute Gasteiger partial charge is 0.271 e. The lowest BCUT2D eigenvalue weighted by Crippen LogP contribution is -2.39. The first-order valence-electron chi connectivity index (χ1n) is 9.68. The van der Waals surface area contributed by atoms with E-state index >= 15 is 0 Å². The Bertz CT molecular complexity index is 1010. The quantitative estimate of drug-likeness (QED) is 0.745. The van der Waals surface area contributed by atoms with E-state index in [0.717, 1.165) is 12.8 Å². The number of carbonyl (C=O) groups is 1. The van der Waals surface area contributed by atoms with Crippen molar-refractivity contribution in [3.8, 4) is 5.69 Å². The van der Waals surface area contributed by atoms with Gasteiger partial charge in [-0.1, -0.05) is 61.4 Å². The summed E-state index contributed by atoms with van der Waals surface area (Å²) < 4.78 is 1.26. The molecule has 5 heteroatoms. The van der Waals surface area contributed by atoms with Gasteiger partial charge in [0.15, 0.2) is 0 Å². The van der Waals surface area contributed by atoms with Gasteiger partial charge in [0.1, 0.15) is 5.69 Å². The van der Waals surface area contributed by atoms with Gasteiger partial charge in [-0.05, 0) is 36.6 Å². The summed E-state index contributed by atoms with van der Waals surface area (Å²) in [5, 5.41) is 7.34. The maximum atomic E-state index is 12.8. The van der Waals surface area contributed by atoms with Crippen LogP contribution >= 0.6 is 0 Å². The van der Waals surface area contributed by atoms with Gasteiger partial charge in [-0.15, -0.1) is 0 Å². The fourth-order valence-electron chi connectivity index (χ4n) is 4.04. The highest BCUT2D eigenvalue weighted by Crippen LogP contribution is 2.40. The van der Waals surface area contributed by atoms with Gasteiger partial charge in [-0.25, -0.2) is 0 Å². The number of para-hydroxylation sites is 1. The van der Waals surface area contributed by atoms with Crippen LogP contribution in [0.3, 0.4) is 0 Å². The molecule has 0 spiro atoms. The third-order valence-electron chi connectivity index (χ3n) is 5.57. The van der Waals surface area contributed by atoms with Gasteiger partial charge in [-0.3, -0.25) is 9.59 Å². The van der Waals surface area contributed by atoms with Crippen LogP contribution < -0.4 is 10.9 Å². The molecule has 5 nitrogen and oxygen atoms in total. The van der Waals surface area contributed by atoms with Gasteiger partial charge in [0.2, 0.25) is 0 Å². The van der Waals surface area contributed by atoms with Crippen LogP contribution in [0.25, 0.3) is 5.69 Å². The van der Waals surface area contributed by atoms with E-state index in [0.29, 0.717) is 12.2 Å². The van der Waals surface area contributed by atoms with E-state index in [2.05, 4.69) is 34.7 Å². The number of benzene rings is 2. The molecule has 1 aliphatic carbocycles. The zero-order valence-electron chi connectivity index (χ0n) is 15.7. The molecular weight excluding hydrogens is 350 g/mol. The van der Waals surface area contributed by atoms with E-state index in [1.54, 1.807) is 12.1 Å². The highest BCUT2D eigenvalue weighted by atomic mass is 16.2. The van der Waals surface area contributed by atoms with E-state index in [1.807, 2.05) is 24.3 Å². The minimum Gasteiger partial charge on any atom is -0.350 e. The van der Waals surface area contributed by atoms with Crippen LogP contribution in [0.5, 0.6) is 0 Å². The Morgan fingerprint density at radius 3 is 2.25 bits per heavy atom. The molecule has 1 amide bonds. The summed E-state index contributed by atoms with van der Waals surface area (Å²) in [7, 11) is 0. The molecule has 1 heterocycles. The SMILES string of the molecule is O=C(NCC1(c2ccccc2)CCCC1)c1ccc(=O)n(-c2ccccc2)n1. The largest absolute Gasteiger partial charge is 0.350 e. The van der Waals surface area contributed by atoms with Crippen molar-refractivity contribution < 1.29 is 4.79 Å². The summed E-state index contributed by atoms with van der Waals surface area (Å²) in [4.78, 5) is 24.9. The summed E-state index contributed by atoms with van der Waals surface area (Å²) in [6.07, 6.45) is 4.46. The van der Waals surface area contributed by atoms with Crippen molar-refractivity contribution in [2.45, 2.75) is 31.1 Å². The van der Waals surface area contributed by atoms with Gasteiger partial charge in [0.25, 0.3) is 11.5 Å². The van der Waals surface area contributed by atoms with E-state index < -0.39 is 0 Å². The summed E-state index contributed by atoms with van der Waals surface area (Å²) in [6.45, 7) is 0.571. The number of aromatic nitrogens is 2. The van der Waals surface area contributed by atoms with Crippen molar-refractivity contribution in [3.05, 3.63) is 94.4 Å². The van der Waals surface area contributed by atoms with Crippen LogP contribution in [0.2, 0.25) is 0 Å². The summed E-state index contributed by atoms with van der Waals surface area (Å²) in [5.41, 5.74) is 1.86. The molecule has 3 aromatic rings. The summed E-state index contributed by atoms with van der Waals surface area (Å²) in [6, 6.07) is 22.4. The molecule has 0 bridgehead atoms. The molecule has 4 rings (SSSR count). The normalized spacial score (nSPS) is 15.3. The molecule has 28 heavy (non-hydrogen) atoms. The number of hydrogen-bond donors (Lipinski definition) is 1. The minimum absolute atomic E-state index is 0.0230. The lowest BCUT2D eigenvalue weighted by atomic mass is 9.79. The fourth-order valence-corrected chi connectivity index (χ4v) is 4.04. The summed E-state index contributed by atoms with van der Waals surface area (Å²) in [5.74, 6) is -0.258. The third kappa shape index (κ3) is 3.60. The second kappa shape index (κ2) is 7.80. The van der Waals surface area contributed by atoms with Gasteiger partial charge < -0.3 is 5.32 Å². The van der Waals surface area contributed by atoms with Crippen molar-refractivity contribution in [1.29, 1.82) is 0 Å². The Labute approximate surface area is 164 Å². The van der Waals surface area contributed by atoms with E-state index in [4.69, 9.17) is 0 Å². The average molecular weight is 373 g/mol. The maximum Gasteiger partial charge on any atom is 0.271 e. The van der Waals surface area contributed by atoms with Crippen LogP contribution in [-0.2, 0) is 5.41 Å². The third-order valence-corrected chi connectivity index (χ3v) is 5.57. The van der Waals surface area contributed by atoms with Crippen LogP contribution in [0, 0.1) is 0 Å². The molecule has 0 radical (unpaired) electrons. The van der Waals surface area contributed by atoms with Gasteiger partial charge in [-0.2, -0.15) is 9.78 Å². The Kier molecular flexibility index (Phi) is 5.06. The molecule has 142 valence electrons. The molecule has 1 aliphatic rings. The Hall–Kier alpha value is -3.21. The molecule has 0 unspecified atom stereocenters. The number of rotatable bonds is 5. The number of nitrogens with one attached hydrogen (secondary N) is 1. The van der Waals surface area contributed by atoms with Crippen molar-refractivity contribution in [2.24, 2.45) is 0 Å². The van der Waals surface area contributed by atoms with E-state index in [9.17, 15) is 9.59 Å². The van der Waals surface area contributed by atoms with Crippen LogP contribution in [0.1, 0.15) is 41.7 Å². The van der Waals surface area contributed by atoms with Crippen molar-refractivity contribution in [3.63, 3.8) is 0 Å². The Morgan fingerprint density at radius 2 is 1.57 bits per heavy atom. The predicted octanol–water partition coefficient (Wildman–Crippen LogP) is 3.47. The number of hydrogen-bond acceptors (Lipinski definition) is 3. The number of amides is 1. The highest BCUT2D eigenvalue weighted by molar-refractivity contribution is 5.92. The molecule has 0 aliphatic heterocycles. The first kappa shape index (κ1) is 18.2. The molecule has 0 saturated heterocycles. The molecular formula is C23H23N3O2. The molecule has 1 N–H and O–H groups in total. The molecule has 0 atom stereocenters. The lowest BCUT2D eigenvalue weighted by Gasteiger charge is -2.30. The standard InChI is InChI=1S/C23H23N3O2/c27-21-14-13-20(25-26(21)19-11-5-2-6-12-19)22(28)24-17-23(15-7-8-16-23)18-9-3-1-4-10-18/h1-6,9-14H,7-8,15-17H2,(H,24,28). The van der Waals surface area contributed by atoms with Gasteiger partial charge >= 0.3 is 0 Å². The van der Waals surface area contributed by atoms with Crippen molar-refractivity contribution in [1.82, 2.24) is 15.1 Å². The number of nitrogens with zero attached hydrogens (tertiary/aromatic N) is 2. The second-order valence-electron chi connectivity index (χ2n) is 7.34. The highest BCUT2D eigenvalue weighted by Gasteiger charge is 2.35. The van der Waals surface area contributed by atoms with Gasteiger partial charge in [0.05, 0.1) is 5.69 Å². The molecule has 1 saturated carbocycles. The minimum atomic E-state index is -0.265. The van der Waals surface area contributed by atoms with E-state index in [1.165, 1.54) is 35.2 Å². The first-order chi connectivity index (χ1) is 13.7. The Balaban J connectivity index is 1.55. The topological polar surface area (TPSA) is 64.0 Å². The molecule has 1 aromatic heterocycles. The Morgan fingerprint density at radius 1 is 0.929 bits per heavy atom. The van der Waals surface area contributed by atoms with Crippen LogP contribution in [0.15, 0.2) is 77.6 Å². The monoisotopic (exact) mass is 373 g/mol. The number of carbonyl (C=O) groups excluding carboxylic acids is 1. The zero-order valence-corrected chi connectivity index (χ0v) is 15.7. The fraction of sp³-hybridized carbons (Fsp3) is 0.261. The zero-order chi connectivity index (χ0) is 19.4. The first-order valence-corrected chi connectivity index (χ1v) is 9.68. The summed E-state index contributed by atoms with van der Waals surface area (Å²) >= 11 is 0. The van der Waals surface area contributed by atoms with Crippen LogP contribution in [0.4, 0.5) is 0 Å². The van der Waals surface area contributed by atoms with E-state index in [-0.39, 0.29) is 22.6 Å². The average Bonchev–Trinajstić information content (AvgIpc) is 3.24. The molecule has 2 aromatic carbocycles.